The van der Waals surface area contributed by atoms with Crippen molar-refractivity contribution in [1.29, 1.82) is 0 Å². The molecule has 0 aliphatic heterocycles. The van der Waals surface area contributed by atoms with Crippen molar-refractivity contribution in [2.24, 2.45) is 29.1 Å². The smallest absolute Gasteiger partial charge is 0.323 e. The first kappa shape index (κ1) is 18.7. The van der Waals surface area contributed by atoms with Crippen molar-refractivity contribution in [3.63, 3.8) is 0 Å². The maximum atomic E-state index is 13.1. The molecular formula is C21H34O4. The first-order valence-corrected chi connectivity index (χ1v) is 10.5. The average Bonchev–Trinajstić information content (AvgIpc) is 3.20. The minimum absolute atomic E-state index is 0.144. The Morgan fingerprint density at radius 3 is 2.04 bits per heavy atom. The third-order valence-electron chi connectivity index (χ3n) is 6.96. The number of ether oxygens (including phenoxy) is 2. The highest BCUT2D eigenvalue weighted by Gasteiger charge is 2.68. The molecule has 2 bridgehead atoms. The summed E-state index contributed by atoms with van der Waals surface area (Å²) in [5, 5.41) is 0. The SMILES string of the molecule is CCCCOC(=O)C1(C(=O)OCCCC)CC2CC1C1CCCCC21. The van der Waals surface area contributed by atoms with Gasteiger partial charge in [0.1, 0.15) is 0 Å². The molecule has 0 amide bonds. The van der Waals surface area contributed by atoms with E-state index in [1.165, 1.54) is 19.3 Å². The lowest BCUT2D eigenvalue weighted by atomic mass is 9.61. The predicted molar refractivity (Wildman–Crippen MR) is 95.8 cm³/mol. The van der Waals surface area contributed by atoms with E-state index in [4.69, 9.17) is 9.47 Å². The maximum absolute atomic E-state index is 13.1. The Bertz CT molecular complexity index is 464. The summed E-state index contributed by atoms with van der Waals surface area (Å²) < 4.78 is 11.2. The molecule has 0 aromatic carbocycles. The monoisotopic (exact) mass is 350 g/mol. The van der Waals surface area contributed by atoms with Crippen LogP contribution in [0.5, 0.6) is 0 Å². The van der Waals surface area contributed by atoms with Crippen LogP contribution >= 0.6 is 0 Å². The minimum atomic E-state index is -1.01. The van der Waals surface area contributed by atoms with E-state index in [9.17, 15) is 9.59 Å². The number of unbranched alkanes of at least 4 members (excludes halogenated alkanes) is 2. The molecule has 0 aromatic rings. The van der Waals surface area contributed by atoms with Gasteiger partial charge in [0.05, 0.1) is 13.2 Å². The average molecular weight is 350 g/mol. The highest BCUT2D eigenvalue weighted by Crippen LogP contribution is 2.65. The molecule has 4 unspecified atom stereocenters. The number of hydrogen-bond donors (Lipinski definition) is 0. The van der Waals surface area contributed by atoms with Gasteiger partial charge in [0.15, 0.2) is 5.41 Å². The molecule has 0 spiro atoms. The highest BCUT2D eigenvalue weighted by molar-refractivity contribution is 6.01. The van der Waals surface area contributed by atoms with Gasteiger partial charge in [-0.05, 0) is 62.2 Å². The molecule has 4 atom stereocenters. The van der Waals surface area contributed by atoms with Crippen LogP contribution in [-0.4, -0.2) is 25.2 Å². The molecular weight excluding hydrogens is 316 g/mol. The van der Waals surface area contributed by atoms with E-state index in [-0.39, 0.29) is 17.9 Å². The number of esters is 2. The van der Waals surface area contributed by atoms with Crippen molar-refractivity contribution in [1.82, 2.24) is 0 Å². The second kappa shape index (κ2) is 8.09. The summed E-state index contributed by atoms with van der Waals surface area (Å²) in [5.41, 5.74) is -1.01. The normalized spacial score (nSPS) is 32.2. The van der Waals surface area contributed by atoms with Gasteiger partial charge < -0.3 is 9.47 Å². The lowest BCUT2D eigenvalue weighted by Gasteiger charge is -2.43. The number of carbonyl (C=O) groups is 2. The fourth-order valence-corrected chi connectivity index (χ4v) is 5.74. The molecule has 4 heteroatoms. The summed E-state index contributed by atoms with van der Waals surface area (Å²) in [7, 11) is 0. The Hall–Kier alpha value is -1.06. The summed E-state index contributed by atoms with van der Waals surface area (Å²) in [6.45, 7) is 5.00. The van der Waals surface area contributed by atoms with Crippen LogP contribution in [0.4, 0.5) is 0 Å². The molecule has 3 fully saturated rings. The van der Waals surface area contributed by atoms with E-state index in [0.29, 0.717) is 31.5 Å². The van der Waals surface area contributed by atoms with Crippen LogP contribution in [0.25, 0.3) is 0 Å². The molecule has 3 aliphatic carbocycles. The maximum Gasteiger partial charge on any atom is 0.323 e. The highest BCUT2D eigenvalue weighted by atomic mass is 16.6. The van der Waals surface area contributed by atoms with Crippen LogP contribution in [-0.2, 0) is 19.1 Å². The van der Waals surface area contributed by atoms with Crippen molar-refractivity contribution in [2.45, 2.75) is 78.1 Å². The number of rotatable bonds is 8. The van der Waals surface area contributed by atoms with Crippen molar-refractivity contribution in [3.05, 3.63) is 0 Å². The van der Waals surface area contributed by atoms with Gasteiger partial charge in [-0.3, -0.25) is 9.59 Å². The Morgan fingerprint density at radius 1 is 0.920 bits per heavy atom. The zero-order valence-electron chi connectivity index (χ0n) is 15.9. The van der Waals surface area contributed by atoms with Gasteiger partial charge >= 0.3 is 11.9 Å². The van der Waals surface area contributed by atoms with Gasteiger partial charge in [-0.1, -0.05) is 39.5 Å². The Balaban J connectivity index is 1.78. The molecule has 0 heterocycles. The largest absolute Gasteiger partial charge is 0.465 e. The summed E-state index contributed by atoms with van der Waals surface area (Å²) in [5.74, 6) is 1.31. The predicted octanol–water partition coefficient (Wildman–Crippen LogP) is 4.51. The first-order valence-electron chi connectivity index (χ1n) is 10.5. The lowest BCUT2D eigenvalue weighted by Crippen LogP contribution is -2.51. The van der Waals surface area contributed by atoms with Gasteiger partial charge in [-0.15, -0.1) is 0 Å². The Morgan fingerprint density at radius 2 is 1.48 bits per heavy atom. The van der Waals surface area contributed by atoms with Crippen molar-refractivity contribution < 1.29 is 19.1 Å². The zero-order chi connectivity index (χ0) is 17.9. The van der Waals surface area contributed by atoms with Crippen LogP contribution in [0.2, 0.25) is 0 Å². The van der Waals surface area contributed by atoms with Crippen molar-refractivity contribution in [3.8, 4) is 0 Å². The molecule has 3 aliphatic rings. The molecule has 3 rings (SSSR count). The third kappa shape index (κ3) is 3.33. The lowest BCUT2D eigenvalue weighted by molar-refractivity contribution is -0.180. The zero-order valence-corrected chi connectivity index (χ0v) is 15.9. The van der Waals surface area contributed by atoms with E-state index in [2.05, 4.69) is 13.8 Å². The molecule has 3 saturated carbocycles. The summed E-state index contributed by atoms with van der Waals surface area (Å²) in [6, 6.07) is 0. The molecule has 0 saturated heterocycles. The summed E-state index contributed by atoms with van der Waals surface area (Å²) in [6.07, 6.45) is 10.3. The van der Waals surface area contributed by atoms with Gasteiger partial charge in [-0.25, -0.2) is 0 Å². The van der Waals surface area contributed by atoms with Crippen molar-refractivity contribution in [2.75, 3.05) is 13.2 Å². The first-order chi connectivity index (χ1) is 12.1. The van der Waals surface area contributed by atoms with E-state index in [0.717, 1.165) is 44.4 Å². The standard InChI is InChI=1S/C21H34O4/c1-3-5-11-24-19(22)21(20(23)25-12-6-4-2)14-15-13-18(21)17-10-8-7-9-16(15)17/h15-18H,3-14H2,1-2H3. The fraction of sp³-hybridized carbons (Fsp3) is 0.905. The van der Waals surface area contributed by atoms with Crippen LogP contribution in [0, 0.1) is 29.1 Å². The molecule has 0 N–H and O–H groups in total. The summed E-state index contributed by atoms with van der Waals surface area (Å²) >= 11 is 0. The minimum Gasteiger partial charge on any atom is -0.465 e. The third-order valence-corrected chi connectivity index (χ3v) is 6.96. The van der Waals surface area contributed by atoms with Gasteiger partial charge in [-0.2, -0.15) is 0 Å². The molecule has 0 radical (unpaired) electrons. The van der Waals surface area contributed by atoms with Crippen LogP contribution in [0.3, 0.4) is 0 Å². The topological polar surface area (TPSA) is 52.6 Å². The van der Waals surface area contributed by atoms with E-state index >= 15 is 0 Å². The van der Waals surface area contributed by atoms with Crippen LogP contribution in [0.1, 0.15) is 78.1 Å². The van der Waals surface area contributed by atoms with Gasteiger partial charge in [0.25, 0.3) is 0 Å². The number of hydrogen-bond acceptors (Lipinski definition) is 4. The second-order valence-corrected chi connectivity index (χ2v) is 8.37. The molecule has 0 aromatic heterocycles. The van der Waals surface area contributed by atoms with Gasteiger partial charge in [0, 0.05) is 0 Å². The number of carbonyl (C=O) groups excluding carboxylic acids is 2. The Labute approximate surface area is 152 Å². The van der Waals surface area contributed by atoms with Gasteiger partial charge in [0.2, 0.25) is 0 Å². The Kier molecular flexibility index (Phi) is 6.06. The van der Waals surface area contributed by atoms with Crippen molar-refractivity contribution >= 4 is 11.9 Å². The molecule has 25 heavy (non-hydrogen) atoms. The van der Waals surface area contributed by atoms with E-state index < -0.39 is 5.41 Å². The molecule has 142 valence electrons. The number of fused-ring (bicyclic) bond motifs is 5. The van der Waals surface area contributed by atoms with E-state index in [1.807, 2.05) is 0 Å². The van der Waals surface area contributed by atoms with E-state index in [1.54, 1.807) is 0 Å². The molecule has 4 nitrogen and oxygen atoms in total. The second-order valence-electron chi connectivity index (χ2n) is 8.37. The summed E-state index contributed by atoms with van der Waals surface area (Å²) in [4.78, 5) is 26.1. The fourth-order valence-electron chi connectivity index (χ4n) is 5.74. The quantitative estimate of drug-likeness (QED) is 0.367. The van der Waals surface area contributed by atoms with Crippen LogP contribution < -0.4 is 0 Å². The van der Waals surface area contributed by atoms with Crippen LogP contribution in [0.15, 0.2) is 0 Å².